The summed E-state index contributed by atoms with van der Waals surface area (Å²) in [6.45, 7) is 6.80. The summed E-state index contributed by atoms with van der Waals surface area (Å²) in [6.07, 6.45) is 5.40. The summed E-state index contributed by atoms with van der Waals surface area (Å²) in [5, 5.41) is 22.5. The number of aromatic nitrogens is 1. The van der Waals surface area contributed by atoms with E-state index >= 15 is 0 Å². The molecule has 0 spiro atoms. The molecule has 0 fully saturated rings. The fourth-order valence-corrected chi connectivity index (χ4v) is 16.8. The first-order valence-corrected chi connectivity index (χ1v) is 30.8. The van der Waals surface area contributed by atoms with E-state index in [1.807, 2.05) is 91.0 Å². The zero-order valence-electron chi connectivity index (χ0n) is 46.1. The second-order valence-corrected chi connectivity index (χ2v) is 25.8. The fraction of sp³-hybridized carbons (Fsp3) is 0.0152. The number of ether oxygens (including phenoxy) is 1. The number of carbonyl (C=O) groups is 1. The zero-order chi connectivity index (χ0) is 57.7. The molecule has 0 aliphatic carbocycles. The van der Waals surface area contributed by atoms with Gasteiger partial charge in [0.15, 0.2) is 0 Å². The second kappa shape index (κ2) is 43.2. The predicted octanol–water partition coefficient (Wildman–Crippen LogP) is 8.58. The number of rotatable bonds is 13. The molecule has 0 unspecified atom stereocenters. The van der Waals surface area contributed by atoms with Gasteiger partial charge in [-0.2, -0.15) is 0 Å². The maximum Gasteiger partial charge on any atom is 4.00 e. The molecule has 0 saturated heterocycles. The van der Waals surface area contributed by atoms with Crippen LogP contribution in [0.2, 0.25) is 5.15 Å². The van der Waals surface area contributed by atoms with Gasteiger partial charge in [0.05, 0.1) is 21.3 Å². The normalized spacial score (nSPS) is 10.0. The van der Waals surface area contributed by atoms with Gasteiger partial charge < -0.3 is 74.4 Å². The number of halogens is 8. The summed E-state index contributed by atoms with van der Waals surface area (Å²) >= 11 is 15.4. The smallest absolute Gasteiger partial charge is 1.00 e. The van der Waals surface area contributed by atoms with Crippen LogP contribution in [-0.4, -0.2) is 51.3 Å². The van der Waals surface area contributed by atoms with Crippen molar-refractivity contribution in [2.75, 3.05) is 5.34 Å². The van der Waals surface area contributed by atoms with E-state index in [2.05, 4.69) is 193 Å². The molecule has 8 nitrogen and oxygen atoms in total. The number of allylic oxidation sites excluding steroid dienone is 2. The Kier molecular flexibility index (Phi) is 39.9. The molecule has 0 aliphatic heterocycles. The first-order valence-electron chi connectivity index (χ1n) is 24.9. The van der Waals surface area contributed by atoms with Gasteiger partial charge in [0, 0.05) is 19.4 Å². The molecular formula is C66H60BCl4F4N2O6OsP3. The molecule has 0 radical (unpaired) electrons. The maximum absolute atomic E-state index is 12.5. The number of hydrogen-bond donors (Lipinski definition) is 0. The Morgan fingerprint density at radius 1 is 0.506 bits per heavy atom. The SMILES string of the molecule is ClCCl.F[B-](F)(F)F.O.O.O.O.[CH-]=C(C=[C-]C(=O)OC(=[N-])c1ccnc(Cl)c1)[P+](c1ccccc1)(c1ccccc1)c1ccccc1.[Cl-].[Os+4].c1ccc(P(c2ccccc2)c2ccccc2)cc1.c1ccc(P(c2ccccc2)c2ccccc2)cc1. The van der Waals surface area contributed by atoms with Gasteiger partial charge in [-0.1, -0.05) is 248 Å². The van der Waals surface area contributed by atoms with Crippen LogP contribution >= 0.6 is 57.9 Å². The minimum absolute atomic E-state index is 0. The summed E-state index contributed by atoms with van der Waals surface area (Å²) < 4.78 is 44.0. The molecule has 0 saturated carbocycles. The number of carbonyl (C=O) groups excluding carboxylic acids is 1. The number of esters is 1. The molecule has 10 aromatic rings. The van der Waals surface area contributed by atoms with Gasteiger partial charge >= 0.3 is 27.0 Å². The number of alkyl halides is 2. The molecular weight excluding hydrogens is 1430 g/mol. The van der Waals surface area contributed by atoms with E-state index in [0.717, 1.165) is 15.9 Å². The summed E-state index contributed by atoms with van der Waals surface area (Å²) in [4.78, 5) is 16.3. The van der Waals surface area contributed by atoms with E-state index in [0.29, 0.717) is 5.31 Å². The molecule has 10 rings (SSSR count). The van der Waals surface area contributed by atoms with Crippen molar-refractivity contribution in [1.82, 2.24) is 4.98 Å². The second-order valence-electron chi connectivity index (χ2n) is 16.7. The molecule has 8 N–H and O–H groups in total. The fourth-order valence-electron chi connectivity index (χ4n) is 8.15. The van der Waals surface area contributed by atoms with Crippen molar-refractivity contribution in [2.24, 2.45) is 0 Å². The van der Waals surface area contributed by atoms with Gasteiger partial charge in [0.25, 0.3) is 0 Å². The number of nitrogens with zero attached hydrogens (tertiary/aromatic N) is 2. The molecule has 21 heteroatoms. The molecule has 1 heterocycles. The Labute approximate surface area is 543 Å². The van der Waals surface area contributed by atoms with E-state index in [1.54, 1.807) is 0 Å². The third kappa shape index (κ3) is 25.6. The van der Waals surface area contributed by atoms with E-state index in [9.17, 15) is 27.5 Å². The van der Waals surface area contributed by atoms with Crippen molar-refractivity contribution in [2.45, 2.75) is 0 Å². The van der Waals surface area contributed by atoms with E-state index in [4.69, 9.17) is 46.1 Å². The molecule has 0 atom stereocenters. The number of hydrogen-bond acceptors (Lipinski definition) is 3. The van der Waals surface area contributed by atoms with Gasteiger partial charge in [-0.25, -0.2) is 10.3 Å². The van der Waals surface area contributed by atoms with Crippen LogP contribution < -0.4 is 60.1 Å². The van der Waals surface area contributed by atoms with Crippen LogP contribution in [0.25, 0.3) is 5.41 Å². The van der Waals surface area contributed by atoms with Crippen molar-refractivity contribution in [3.63, 3.8) is 0 Å². The molecule has 0 aliphatic rings. The van der Waals surface area contributed by atoms with Crippen molar-refractivity contribution >= 4 is 125 Å². The molecule has 87 heavy (non-hydrogen) atoms. The van der Waals surface area contributed by atoms with Crippen molar-refractivity contribution in [1.29, 1.82) is 0 Å². The van der Waals surface area contributed by atoms with Crippen LogP contribution in [-0.2, 0) is 29.3 Å². The number of pyridine rings is 1. The first-order chi connectivity index (χ1) is 39.3. The Morgan fingerprint density at radius 2 is 0.736 bits per heavy atom. The van der Waals surface area contributed by atoms with Crippen LogP contribution in [0, 0.1) is 12.7 Å². The molecule has 1 aromatic heterocycles. The standard InChI is InChI=1S/C29H20ClN2O2P.2C18H15P.CH2Cl2.BF4.ClH.4H2O.Os/c1-22(17-18-28(33)34-29(31)23-19-20-32-27(30)21-23)35(24-11-5-2-6-12-24,25-13-7-3-8-14-25)26-15-9-4-10-16-26;2*1-4-10-16(11-5-1)19(17-12-6-2-7-13-17)18-14-8-3-9-15-18;2-1-3;2-1(3,4)5;;;;;;/h1-17,19-21H;2*1-15H;1H2;;1H;4*1H2;/q-2;;;;-1;;;;;;+4/p-1. The molecule has 9 aromatic carbocycles. The summed E-state index contributed by atoms with van der Waals surface area (Å²) in [5.41, 5.74) is 0.219. The first kappa shape index (κ1) is 80.5. The third-order valence-electron chi connectivity index (χ3n) is 11.4. The van der Waals surface area contributed by atoms with E-state index in [-0.39, 0.29) is 70.2 Å². The van der Waals surface area contributed by atoms with E-state index in [1.165, 1.54) is 56.2 Å². The largest absolute Gasteiger partial charge is 4.00 e. The number of benzene rings is 9. The maximum atomic E-state index is 12.5. The van der Waals surface area contributed by atoms with Crippen LogP contribution in [0.4, 0.5) is 17.3 Å². The molecule has 0 bridgehead atoms. The quantitative estimate of drug-likeness (QED) is 0.00958. The van der Waals surface area contributed by atoms with Gasteiger partial charge in [0.2, 0.25) is 5.97 Å². The Bertz CT molecular complexity index is 3090. The van der Waals surface area contributed by atoms with Crippen molar-refractivity contribution in [3.8, 4) is 0 Å². The van der Waals surface area contributed by atoms with Gasteiger partial charge in [-0.05, 0) is 102 Å². The Hall–Kier alpha value is -6.54. The minimum Gasteiger partial charge on any atom is -1.00 e. The van der Waals surface area contributed by atoms with Crippen molar-refractivity contribution < 1.29 is 80.9 Å². The van der Waals surface area contributed by atoms with Crippen LogP contribution in [0.15, 0.2) is 303 Å². The van der Waals surface area contributed by atoms with Crippen LogP contribution in [0.1, 0.15) is 5.56 Å². The Morgan fingerprint density at radius 3 is 0.966 bits per heavy atom. The van der Waals surface area contributed by atoms with E-state index < -0.39 is 42.2 Å². The zero-order valence-corrected chi connectivity index (χ0v) is 54.3. The topological polar surface area (TPSA) is 187 Å². The van der Waals surface area contributed by atoms with Gasteiger partial charge in [-0.15, -0.1) is 23.2 Å². The summed E-state index contributed by atoms with van der Waals surface area (Å²) in [7, 11) is -9.42. The van der Waals surface area contributed by atoms with Crippen LogP contribution in [0.3, 0.4) is 0 Å². The summed E-state index contributed by atoms with van der Waals surface area (Å²) in [5.74, 6) is -1.50. The minimum atomic E-state index is -6.00. The van der Waals surface area contributed by atoms with Crippen LogP contribution in [0.5, 0.6) is 0 Å². The summed E-state index contributed by atoms with van der Waals surface area (Å²) in [6, 6.07) is 97.4. The molecule has 0 amide bonds. The Balaban J connectivity index is 0.00000122. The monoisotopic (exact) mass is 1490 g/mol. The van der Waals surface area contributed by atoms with Crippen molar-refractivity contribution in [3.05, 3.63) is 331 Å². The predicted molar refractivity (Wildman–Crippen MR) is 355 cm³/mol. The average molecular weight is 1490 g/mol. The van der Waals surface area contributed by atoms with Gasteiger partial charge in [0.1, 0.15) is 5.15 Å². The molecule has 452 valence electrons. The average Bonchev–Trinajstić information content (AvgIpc) is 1.11. The third-order valence-corrected chi connectivity index (χ3v) is 20.6. The van der Waals surface area contributed by atoms with Gasteiger partial charge in [-0.3, -0.25) is 10.9 Å².